The van der Waals surface area contributed by atoms with Gasteiger partial charge >= 0.3 is 0 Å². The Hall–Kier alpha value is -0.570. The molecule has 3 nitrogen and oxygen atoms in total. The Morgan fingerprint density at radius 3 is 2.14 bits per heavy atom. The first kappa shape index (κ1) is 13.4. The highest BCUT2D eigenvalue weighted by atomic mass is 16.5. The smallest absolute Gasteiger partial charge is 0.225 e. The van der Waals surface area contributed by atoms with Gasteiger partial charge in [-0.15, -0.1) is 0 Å². The van der Waals surface area contributed by atoms with Crippen LogP contribution in [0.25, 0.3) is 0 Å². The number of hydrogen-bond donors (Lipinski definition) is 1. The Labute approximate surface area is 87.2 Å². The van der Waals surface area contributed by atoms with E-state index in [-0.39, 0.29) is 16.9 Å². The van der Waals surface area contributed by atoms with Gasteiger partial charge in [0, 0.05) is 19.1 Å². The number of ether oxygens (including phenoxy) is 1. The van der Waals surface area contributed by atoms with Crippen molar-refractivity contribution in [2.45, 2.75) is 46.6 Å². The van der Waals surface area contributed by atoms with E-state index in [9.17, 15) is 4.79 Å². The van der Waals surface area contributed by atoms with Gasteiger partial charge in [-0.3, -0.25) is 4.79 Å². The molecule has 0 aromatic heterocycles. The van der Waals surface area contributed by atoms with E-state index in [1.165, 1.54) is 0 Å². The quantitative estimate of drug-likeness (QED) is 0.738. The minimum atomic E-state index is -0.379. The molecule has 0 fully saturated rings. The molecule has 0 saturated heterocycles. The van der Waals surface area contributed by atoms with E-state index in [0.29, 0.717) is 13.0 Å². The number of amides is 1. The Kier molecular flexibility index (Phi) is 4.59. The predicted octanol–water partition coefficient (Wildman–Crippen LogP) is 1.96. The highest BCUT2D eigenvalue weighted by Gasteiger charge is 2.34. The summed E-state index contributed by atoms with van der Waals surface area (Å²) in [6, 6.07) is 0. The average molecular weight is 201 g/mol. The fourth-order valence-corrected chi connectivity index (χ4v) is 1.62. The summed E-state index contributed by atoms with van der Waals surface area (Å²) < 4.78 is 5.32. The van der Waals surface area contributed by atoms with Crippen LogP contribution < -0.4 is 5.32 Å². The summed E-state index contributed by atoms with van der Waals surface area (Å²) >= 11 is 0. The average Bonchev–Trinajstić information content (AvgIpc) is 2.03. The molecule has 0 aromatic carbocycles. The number of hydrogen-bond acceptors (Lipinski definition) is 2. The maximum Gasteiger partial charge on any atom is 0.225 e. The molecule has 0 unspecified atom stereocenters. The molecule has 1 amide bonds. The van der Waals surface area contributed by atoms with Crippen LogP contribution in [0.15, 0.2) is 0 Å². The first-order chi connectivity index (χ1) is 6.25. The molecule has 0 aromatic rings. The van der Waals surface area contributed by atoms with Crippen LogP contribution in [0.5, 0.6) is 0 Å². The third-order valence-corrected chi connectivity index (χ3v) is 2.37. The third-order valence-electron chi connectivity index (χ3n) is 2.37. The van der Waals surface area contributed by atoms with Crippen LogP contribution in [-0.4, -0.2) is 25.2 Å². The zero-order chi connectivity index (χ0) is 11.4. The molecule has 0 rings (SSSR count). The molecule has 0 aliphatic heterocycles. The molecular weight excluding hydrogens is 178 g/mol. The summed E-state index contributed by atoms with van der Waals surface area (Å²) in [6.07, 6.45) is 0.711. The minimum Gasteiger partial charge on any atom is -0.379 e. The number of carbonyl (C=O) groups is 1. The summed E-state index contributed by atoms with van der Waals surface area (Å²) in [6.45, 7) is 10.5. The van der Waals surface area contributed by atoms with Crippen LogP contribution in [0.2, 0.25) is 0 Å². The van der Waals surface area contributed by atoms with Crippen molar-refractivity contribution >= 4 is 5.91 Å². The first-order valence-electron chi connectivity index (χ1n) is 5.08. The number of carbonyl (C=O) groups excluding carboxylic acids is 1. The maximum absolute atomic E-state index is 11.7. The number of methoxy groups -OCH3 is 1. The summed E-state index contributed by atoms with van der Waals surface area (Å²) in [7, 11) is 1.67. The molecule has 0 saturated carbocycles. The van der Waals surface area contributed by atoms with Crippen LogP contribution >= 0.6 is 0 Å². The van der Waals surface area contributed by atoms with Gasteiger partial charge in [-0.1, -0.05) is 13.8 Å². The summed E-state index contributed by atoms with van der Waals surface area (Å²) in [5.41, 5.74) is -0.635. The molecule has 0 aliphatic rings. The lowest BCUT2D eigenvalue weighted by atomic mass is 9.81. The molecule has 14 heavy (non-hydrogen) atoms. The van der Waals surface area contributed by atoms with Gasteiger partial charge in [0.05, 0.1) is 5.60 Å². The molecule has 0 atom stereocenters. The van der Waals surface area contributed by atoms with Crippen LogP contribution in [0.3, 0.4) is 0 Å². The molecule has 0 heterocycles. The van der Waals surface area contributed by atoms with Gasteiger partial charge in [0.2, 0.25) is 5.91 Å². The second kappa shape index (κ2) is 4.78. The first-order valence-corrected chi connectivity index (χ1v) is 5.08. The second-order valence-electron chi connectivity index (χ2n) is 4.88. The third kappa shape index (κ3) is 4.09. The van der Waals surface area contributed by atoms with Crippen molar-refractivity contribution in [2.75, 3.05) is 13.7 Å². The molecule has 0 radical (unpaired) electrons. The maximum atomic E-state index is 11.7. The van der Waals surface area contributed by atoms with Crippen molar-refractivity contribution in [1.82, 2.24) is 5.32 Å². The number of nitrogens with one attached hydrogen (secondary N) is 1. The molecule has 0 aliphatic carbocycles. The van der Waals surface area contributed by atoms with Gasteiger partial charge in [0.25, 0.3) is 0 Å². The van der Waals surface area contributed by atoms with Crippen molar-refractivity contribution in [3.8, 4) is 0 Å². The van der Waals surface area contributed by atoms with E-state index in [1.54, 1.807) is 7.11 Å². The largest absolute Gasteiger partial charge is 0.379 e. The van der Waals surface area contributed by atoms with E-state index < -0.39 is 0 Å². The molecule has 3 heteroatoms. The van der Waals surface area contributed by atoms with E-state index in [4.69, 9.17) is 4.74 Å². The highest BCUT2D eigenvalue weighted by Crippen LogP contribution is 2.29. The Morgan fingerprint density at radius 1 is 1.29 bits per heavy atom. The molecule has 84 valence electrons. The predicted molar refractivity (Wildman–Crippen MR) is 58.2 cm³/mol. The topological polar surface area (TPSA) is 38.3 Å². The fourth-order valence-electron chi connectivity index (χ4n) is 1.62. The van der Waals surface area contributed by atoms with Crippen molar-refractivity contribution in [1.29, 1.82) is 0 Å². The van der Waals surface area contributed by atoms with Crippen molar-refractivity contribution in [3.05, 3.63) is 0 Å². The molecule has 0 bridgehead atoms. The monoisotopic (exact) mass is 201 g/mol. The van der Waals surface area contributed by atoms with Gasteiger partial charge in [0.15, 0.2) is 0 Å². The van der Waals surface area contributed by atoms with Crippen molar-refractivity contribution in [2.24, 2.45) is 5.41 Å². The van der Waals surface area contributed by atoms with E-state index in [1.807, 2.05) is 34.6 Å². The van der Waals surface area contributed by atoms with Gasteiger partial charge in [-0.2, -0.15) is 0 Å². The zero-order valence-corrected chi connectivity index (χ0v) is 10.2. The lowest BCUT2D eigenvalue weighted by molar-refractivity contribution is -0.133. The fraction of sp³-hybridized carbons (Fsp3) is 0.909. The Balaban J connectivity index is 4.40. The lowest BCUT2D eigenvalue weighted by Gasteiger charge is -2.32. The summed E-state index contributed by atoms with van der Waals surface area (Å²) in [5.74, 6) is 0.0881. The minimum absolute atomic E-state index is 0.0881. The van der Waals surface area contributed by atoms with E-state index in [0.717, 1.165) is 0 Å². The molecular formula is C11H23NO2. The standard InChI is InChI=1S/C11H23NO2/c1-7-12-9(13)10(2,3)8-11(4,5)14-6/h7-8H2,1-6H3,(H,12,13). The SMILES string of the molecule is CCNC(=O)C(C)(C)CC(C)(C)OC. The Morgan fingerprint density at radius 2 is 1.79 bits per heavy atom. The van der Waals surface area contributed by atoms with Gasteiger partial charge in [0.1, 0.15) is 0 Å². The summed E-state index contributed by atoms with van der Waals surface area (Å²) in [5, 5.41) is 2.84. The van der Waals surface area contributed by atoms with Gasteiger partial charge in [-0.25, -0.2) is 0 Å². The van der Waals surface area contributed by atoms with Crippen LogP contribution in [-0.2, 0) is 9.53 Å². The van der Waals surface area contributed by atoms with Crippen molar-refractivity contribution < 1.29 is 9.53 Å². The van der Waals surface area contributed by atoms with Crippen LogP contribution in [0.1, 0.15) is 41.0 Å². The second-order valence-corrected chi connectivity index (χ2v) is 4.88. The van der Waals surface area contributed by atoms with Gasteiger partial charge in [-0.05, 0) is 27.2 Å². The van der Waals surface area contributed by atoms with Gasteiger partial charge < -0.3 is 10.1 Å². The summed E-state index contributed by atoms with van der Waals surface area (Å²) in [4.78, 5) is 11.7. The highest BCUT2D eigenvalue weighted by molar-refractivity contribution is 5.81. The zero-order valence-electron chi connectivity index (χ0n) is 10.2. The van der Waals surface area contributed by atoms with Crippen molar-refractivity contribution in [3.63, 3.8) is 0 Å². The van der Waals surface area contributed by atoms with Crippen LogP contribution in [0, 0.1) is 5.41 Å². The van der Waals surface area contributed by atoms with E-state index >= 15 is 0 Å². The van der Waals surface area contributed by atoms with Crippen LogP contribution in [0.4, 0.5) is 0 Å². The number of rotatable bonds is 5. The normalized spacial score (nSPS) is 12.7. The lowest BCUT2D eigenvalue weighted by Crippen LogP contribution is -2.42. The van der Waals surface area contributed by atoms with E-state index in [2.05, 4.69) is 5.32 Å². The molecule has 0 spiro atoms. The Bertz CT molecular complexity index is 197. The molecule has 1 N–H and O–H groups in total.